The molecule has 0 aliphatic carbocycles. The highest BCUT2D eigenvalue weighted by Crippen LogP contribution is 2.30. The van der Waals surface area contributed by atoms with Crippen LogP contribution in [0.25, 0.3) is 32.8 Å². The van der Waals surface area contributed by atoms with Gasteiger partial charge in [-0.25, -0.2) is 9.38 Å². The number of nitrogens with zero attached hydrogens (tertiary/aromatic N) is 2. The maximum Gasteiger partial charge on any atom is 0.274 e. The van der Waals surface area contributed by atoms with E-state index in [4.69, 9.17) is 4.74 Å². The molecule has 2 aromatic heterocycles. The molecule has 33 heavy (non-hydrogen) atoms. The molecule has 0 fully saturated rings. The summed E-state index contributed by atoms with van der Waals surface area (Å²) in [7, 11) is 0. The summed E-state index contributed by atoms with van der Waals surface area (Å²) >= 11 is 4.87. The molecule has 0 N–H and O–H groups in total. The topological polar surface area (TPSA) is 43.6 Å². The summed E-state index contributed by atoms with van der Waals surface area (Å²) in [6.45, 7) is 0.440. The second-order valence-electron chi connectivity index (χ2n) is 7.75. The zero-order chi connectivity index (χ0) is 22.4. The second kappa shape index (κ2) is 8.14. The molecule has 0 aliphatic heterocycles. The molecule has 0 radical (unpaired) electrons. The molecule has 0 amide bonds. The van der Waals surface area contributed by atoms with Gasteiger partial charge in [0.1, 0.15) is 12.4 Å². The number of thiazole rings is 1. The number of rotatable bonds is 4. The van der Waals surface area contributed by atoms with E-state index in [0.717, 1.165) is 43.2 Å². The minimum Gasteiger partial charge on any atom is -0.488 e. The van der Waals surface area contributed by atoms with Crippen LogP contribution in [0.5, 0.6) is 5.75 Å². The number of imidazole rings is 1. The van der Waals surface area contributed by atoms with Gasteiger partial charge in [0.15, 0.2) is 4.96 Å². The van der Waals surface area contributed by atoms with Gasteiger partial charge in [-0.15, -0.1) is 0 Å². The van der Waals surface area contributed by atoms with Gasteiger partial charge >= 0.3 is 0 Å². The lowest BCUT2D eigenvalue weighted by molar-refractivity contribution is 0.306. The van der Waals surface area contributed by atoms with E-state index < -0.39 is 0 Å². The Balaban J connectivity index is 1.51. The molecule has 0 aliphatic rings. The predicted molar refractivity (Wildman–Crippen MR) is 138 cm³/mol. The fourth-order valence-corrected chi connectivity index (χ4v) is 5.27. The first-order chi connectivity index (χ1) is 16.2. The van der Waals surface area contributed by atoms with Crippen molar-refractivity contribution in [2.24, 2.45) is 0 Å². The van der Waals surface area contributed by atoms with Crippen LogP contribution in [-0.2, 0) is 6.61 Å². The standard InChI is InChI=1S/C27H17BrN2O2S/c28-19-12-9-17(10-13-19)16-32-24-14-11-18-5-1-2-6-20(18)21(24)15-25-26(31)30-23-8-4-3-7-22(23)29-27(30)33-25/h1-15H,16H2. The van der Waals surface area contributed by atoms with Gasteiger partial charge in [0, 0.05) is 10.0 Å². The smallest absolute Gasteiger partial charge is 0.274 e. The van der Waals surface area contributed by atoms with Crippen LogP contribution in [0.15, 0.2) is 94.2 Å². The Morgan fingerprint density at radius 1 is 0.939 bits per heavy atom. The number of halogens is 1. The van der Waals surface area contributed by atoms with E-state index in [-0.39, 0.29) is 5.56 Å². The highest BCUT2D eigenvalue weighted by molar-refractivity contribution is 9.10. The molecule has 0 saturated heterocycles. The zero-order valence-corrected chi connectivity index (χ0v) is 19.8. The average Bonchev–Trinajstić information content (AvgIpc) is 3.35. The first-order valence-corrected chi connectivity index (χ1v) is 12.1. The van der Waals surface area contributed by atoms with Crippen molar-refractivity contribution in [1.82, 2.24) is 9.38 Å². The van der Waals surface area contributed by atoms with Crippen LogP contribution < -0.4 is 14.8 Å². The normalized spacial score (nSPS) is 12.2. The van der Waals surface area contributed by atoms with Crippen molar-refractivity contribution in [3.05, 3.63) is 115 Å². The van der Waals surface area contributed by atoms with Crippen molar-refractivity contribution in [2.75, 3.05) is 0 Å². The Hall–Kier alpha value is -3.48. The summed E-state index contributed by atoms with van der Waals surface area (Å²) in [6.07, 6.45) is 1.94. The van der Waals surface area contributed by atoms with E-state index in [1.807, 2.05) is 72.8 Å². The van der Waals surface area contributed by atoms with E-state index in [1.165, 1.54) is 11.3 Å². The maximum absolute atomic E-state index is 13.3. The van der Waals surface area contributed by atoms with Crippen LogP contribution in [0.3, 0.4) is 0 Å². The number of para-hydroxylation sites is 2. The highest BCUT2D eigenvalue weighted by atomic mass is 79.9. The molecule has 2 heterocycles. The molecule has 160 valence electrons. The Bertz CT molecular complexity index is 1750. The molecule has 6 aromatic rings. The van der Waals surface area contributed by atoms with E-state index in [0.29, 0.717) is 16.1 Å². The fourth-order valence-electron chi connectivity index (χ4n) is 4.04. The Kier molecular flexibility index (Phi) is 4.97. The molecule has 6 heteroatoms. The van der Waals surface area contributed by atoms with Gasteiger partial charge < -0.3 is 4.74 Å². The summed E-state index contributed by atoms with van der Waals surface area (Å²) in [4.78, 5) is 18.7. The van der Waals surface area contributed by atoms with E-state index >= 15 is 0 Å². The maximum atomic E-state index is 13.3. The largest absolute Gasteiger partial charge is 0.488 e. The molecular weight excluding hydrogens is 496 g/mol. The van der Waals surface area contributed by atoms with Crippen molar-refractivity contribution >= 4 is 60.1 Å². The minimum atomic E-state index is -0.0597. The Morgan fingerprint density at radius 3 is 2.61 bits per heavy atom. The molecule has 0 saturated carbocycles. The van der Waals surface area contributed by atoms with Crippen molar-refractivity contribution < 1.29 is 4.74 Å². The number of ether oxygens (including phenoxy) is 1. The third-order valence-corrected chi connectivity index (χ3v) is 7.16. The van der Waals surface area contributed by atoms with Gasteiger partial charge in [-0.3, -0.25) is 4.79 Å². The number of aromatic nitrogens is 2. The van der Waals surface area contributed by atoms with Gasteiger partial charge in [0.05, 0.1) is 15.6 Å². The molecule has 0 unspecified atom stereocenters. The summed E-state index contributed by atoms with van der Waals surface area (Å²) in [5.41, 5.74) is 3.57. The molecule has 4 nitrogen and oxygen atoms in total. The Morgan fingerprint density at radius 2 is 1.73 bits per heavy atom. The third-order valence-electron chi connectivity index (χ3n) is 5.66. The lowest BCUT2D eigenvalue weighted by Gasteiger charge is -2.12. The molecule has 4 aromatic carbocycles. The summed E-state index contributed by atoms with van der Waals surface area (Å²) in [5, 5.41) is 2.14. The van der Waals surface area contributed by atoms with Crippen LogP contribution in [0.4, 0.5) is 0 Å². The molecular formula is C27H17BrN2O2S. The molecule has 0 bridgehead atoms. The van der Waals surface area contributed by atoms with Crippen molar-refractivity contribution in [1.29, 1.82) is 0 Å². The van der Waals surface area contributed by atoms with Gasteiger partial charge in [-0.2, -0.15) is 0 Å². The second-order valence-corrected chi connectivity index (χ2v) is 9.67. The van der Waals surface area contributed by atoms with Gasteiger partial charge in [0.25, 0.3) is 5.56 Å². The first-order valence-electron chi connectivity index (χ1n) is 10.5. The lowest BCUT2D eigenvalue weighted by atomic mass is 10.0. The number of hydrogen-bond donors (Lipinski definition) is 0. The molecule has 6 rings (SSSR count). The third kappa shape index (κ3) is 3.61. The van der Waals surface area contributed by atoms with Crippen LogP contribution in [0, 0.1) is 0 Å². The van der Waals surface area contributed by atoms with Crippen LogP contribution >= 0.6 is 27.3 Å². The van der Waals surface area contributed by atoms with E-state index in [2.05, 4.69) is 39.1 Å². The number of fused-ring (bicyclic) bond motifs is 4. The number of hydrogen-bond acceptors (Lipinski definition) is 4. The van der Waals surface area contributed by atoms with Crippen LogP contribution in [0.2, 0.25) is 0 Å². The van der Waals surface area contributed by atoms with Crippen LogP contribution in [-0.4, -0.2) is 9.38 Å². The van der Waals surface area contributed by atoms with Gasteiger partial charge in [0.2, 0.25) is 0 Å². The highest BCUT2D eigenvalue weighted by Gasteiger charge is 2.13. The Labute approximate surface area is 201 Å². The van der Waals surface area contributed by atoms with E-state index in [1.54, 1.807) is 4.40 Å². The van der Waals surface area contributed by atoms with Gasteiger partial charge in [-0.1, -0.05) is 81.9 Å². The van der Waals surface area contributed by atoms with Crippen molar-refractivity contribution in [3.8, 4) is 5.75 Å². The first kappa shape index (κ1) is 20.1. The summed E-state index contributed by atoms with van der Waals surface area (Å²) in [5.74, 6) is 0.743. The lowest BCUT2D eigenvalue weighted by Crippen LogP contribution is -2.22. The van der Waals surface area contributed by atoms with Crippen molar-refractivity contribution in [2.45, 2.75) is 6.61 Å². The quantitative estimate of drug-likeness (QED) is 0.293. The fraction of sp³-hybridized carbons (Fsp3) is 0.0370. The number of benzene rings is 4. The summed E-state index contributed by atoms with van der Waals surface area (Å²) in [6, 6.07) is 28.0. The SMILES string of the molecule is O=c1c(=Cc2c(OCc3ccc(Br)cc3)ccc3ccccc23)sc2nc3ccccc3n12. The predicted octanol–water partition coefficient (Wildman–Crippen LogP) is 5.95. The van der Waals surface area contributed by atoms with Crippen LogP contribution in [0.1, 0.15) is 11.1 Å². The van der Waals surface area contributed by atoms with Crippen molar-refractivity contribution in [3.63, 3.8) is 0 Å². The molecule has 0 atom stereocenters. The zero-order valence-electron chi connectivity index (χ0n) is 17.4. The monoisotopic (exact) mass is 512 g/mol. The van der Waals surface area contributed by atoms with Gasteiger partial charge in [-0.05, 0) is 52.7 Å². The van der Waals surface area contributed by atoms with E-state index in [9.17, 15) is 4.79 Å². The summed E-state index contributed by atoms with van der Waals surface area (Å²) < 4.78 is 9.60. The average molecular weight is 513 g/mol. The minimum absolute atomic E-state index is 0.0597. The molecule has 0 spiro atoms.